The molecule has 6 aromatic rings. The van der Waals surface area contributed by atoms with Crippen molar-refractivity contribution in [3.63, 3.8) is 0 Å². The quantitative estimate of drug-likeness (QED) is 0.186. The molecule has 0 aliphatic carbocycles. The van der Waals surface area contributed by atoms with Crippen molar-refractivity contribution in [1.82, 2.24) is 15.0 Å². The Hall–Kier alpha value is -3.66. The second kappa shape index (κ2) is 10.7. The van der Waals surface area contributed by atoms with Crippen molar-refractivity contribution in [2.45, 2.75) is 20.6 Å². The fourth-order valence-electron chi connectivity index (χ4n) is 3.45. The maximum atomic E-state index is 7.41. The van der Waals surface area contributed by atoms with Crippen LogP contribution in [-0.4, -0.2) is 15.0 Å². The van der Waals surface area contributed by atoms with E-state index in [0.717, 1.165) is 10.8 Å². The average Bonchev–Trinajstić information content (AvgIpc) is 3.35. The van der Waals surface area contributed by atoms with Crippen LogP contribution in [0.25, 0.3) is 44.6 Å². The number of hydrogen-bond acceptors (Lipinski definition) is 4. The second-order valence-corrected chi connectivity index (χ2v) is 7.41. The Bertz CT molecular complexity index is 1810. The summed E-state index contributed by atoms with van der Waals surface area (Å²) in [4.78, 5) is 12.6. The Balaban J connectivity index is 0.000000199. The molecular formula is C30H23IrN3O-2. The van der Waals surface area contributed by atoms with Crippen molar-refractivity contribution in [2.24, 2.45) is 0 Å². The van der Waals surface area contributed by atoms with E-state index in [1.807, 2.05) is 18.2 Å². The van der Waals surface area contributed by atoms with Gasteiger partial charge in [0.15, 0.2) is 0 Å². The first-order valence-electron chi connectivity index (χ1n) is 14.9. The maximum Gasteiger partial charge on any atom is 0.216 e. The molecule has 5 heteroatoms. The summed E-state index contributed by atoms with van der Waals surface area (Å²) in [6, 6.07) is 24.3. The van der Waals surface area contributed by atoms with Crippen LogP contribution in [0.5, 0.6) is 0 Å². The number of pyridine rings is 3. The third-order valence-corrected chi connectivity index (χ3v) is 5.08. The molecule has 0 fully saturated rings. The predicted octanol–water partition coefficient (Wildman–Crippen LogP) is 7.31. The molecule has 1 radical (unpaired) electrons. The van der Waals surface area contributed by atoms with Crippen LogP contribution in [0.3, 0.4) is 0 Å². The van der Waals surface area contributed by atoms with Gasteiger partial charge in [-0.15, -0.1) is 53.6 Å². The number of fused-ring (bicyclic) bond motifs is 3. The van der Waals surface area contributed by atoms with Crippen molar-refractivity contribution in [3.05, 3.63) is 114 Å². The summed E-state index contributed by atoms with van der Waals surface area (Å²) in [7, 11) is 0. The Morgan fingerprint density at radius 3 is 2.14 bits per heavy atom. The van der Waals surface area contributed by atoms with Crippen LogP contribution < -0.4 is 0 Å². The molecule has 4 nitrogen and oxygen atoms in total. The average molecular weight is 643 g/mol. The van der Waals surface area contributed by atoms with Gasteiger partial charge in [0.05, 0.1) is 5.58 Å². The summed E-state index contributed by atoms with van der Waals surface area (Å²) in [5.41, 5.74) is 4.27. The zero-order chi connectivity index (χ0) is 31.0. The molecule has 4 heterocycles. The SMILES string of the molecule is [2H]C([2H])([2H])c1c[c-]c(-c2ccc(C([2H])([2H])[2H])cn2)cc1.[2H]C([2H])([2H])c1ccc(-c2[c-]ccc3c2oc2ncccc23)nc1.[Ir]. The van der Waals surface area contributed by atoms with Crippen molar-refractivity contribution < 1.29 is 36.9 Å². The van der Waals surface area contributed by atoms with E-state index in [1.54, 1.807) is 36.5 Å². The molecule has 0 atom stereocenters. The van der Waals surface area contributed by atoms with Crippen molar-refractivity contribution in [3.8, 4) is 22.5 Å². The van der Waals surface area contributed by atoms with Gasteiger partial charge < -0.3 is 14.4 Å². The van der Waals surface area contributed by atoms with Crippen LogP contribution in [0.1, 0.15) is 29.0 Å². The van der Waals surface area contributed by atoms with Crippen LogP contribution in [0.4, 0.5) is 0 Å². The topological polar surface area (TPSA) is 51.8 Å². The molecule has 0 saturated heterocycles. The molecule has 0 aliphatic heterocycles. The number of nitrogens with zero attached hydrogens (tertiary/aromatic N) is 3. The predicted molar refractivity (Wildman–Crippen MR) is 136 cm³/mol. The zero-order valence-electron chi connectivity index (χ0n) is 27.2. The molecule has 4 aromatic heterocycles. The van der Waals surface area contributed by atoms with Gasteiger partial charge in [-0.2, -0.15) is 0 Å². The maximum absolute atomic E-state index is 7.41. The minimum absolute atomic E-state index is 0. The van der Waals surface area contributed by atoms with E-state index in [0.29, 0.717) is 33.8 Å². The Morgan fingerprint density at radius 2 is 1.49 bits per heavy atom. The van der Waals surface area contributed by atoms with Crippen molar-refractivity contribution in [2.75, 3.05) is 0 Å². The molecule has 2 aromatic carbocycles. The monoisotopic (exact) mass is 643 g/mol. The van der Waals surface area contributed by atoms with Gasteiger partial charge in [0.1, 0.15) is 0 Å². The minimum atomic E-state index is -2.18. The molecule has 0 saturated carbocycles. The van der Waals surface area contributed by atoms with Gasteiger partial charge in [0.2, 0.25) is 5.71 Å². The molecule has 6 rings (SSSR count). The molecule has 0 amide bonds. The summed E-state index contributed by atoms with van der Waals surface area (Å²) < 4.78 is 71.7. The summed E-state index contributed by atoms with van der Waals surface area (Å²) in [5, 5.41) is 1.86. The molecule has 0 aliphatic rings. The molecule has 0 N–H and O–H groups in total. The van der Waals surface area contributed by atoms with E-state index >= 15 is 0 Å². The van der Waals surface area contributed by atoms with Crippen molar-refractivity contribution >= 4 is 22.1 Å². The second-order valence-electron chi connectivity index (χ2n) is 7.41. The van der Waals surface area contributed by atoms with Gasteiger partial charge in [-0.05, 0) is 48.4 Å². The summed E-state index contributed by atoms with van der Waals surface area (Å²) in [5.74, 6) is 0. The molecule has 0 bridgehead atoms. The Labute approximate surface area is 231 Å². The number of benzene rings is 2. The third kappa shape index (κ3) is 5.37. The summed E-state index contributed by atoms with van der Waals surface area (Å²) in [6.45, 7) is -6.50. The van der Waals surface area contributed by atoms with E-state index in [4.69, 9.17) is 16.8 Å². The van der Waals surface area contributed by atoms with Gasteiger partial charge in [0.25, 0.3) is 0 Å². The van der Waals surface area contributed by atoms with Crippen molar-refractivity contribution in [1.29, 1.82) is 0 Å². The minimum Gasteiger partial charge on any atom is -0.486 e. The first-order valence-corrected chi connectivity index (χ1v) is 10.4. The number of furan rings is 1. The normalized spacial score (nSPS) is 15.4. The smallest absolute Gasteiger partial charge is 0.216 e. The fourth-order valence-corrected chi connectivity index (χ4v) is 3.45. The van der Waals surface area contributed by atoms with E-state index < -0.39 is 20.6 Å². The van der Waals surface area contributed by atoms with Gasteiger partial charge in [-0.3, -0.25) is 0 Å². The first-order chi connectivity index (χ1) is 20.2. The Morgan fingerprint density at radius 1 is 0.743 bits per heavy atom. The van der Waals surface area contributed by atoms with Gasteiger partial charge in [-0.25, -0.2) is 4.98 Å². The van der Waals surface area contributed by atoms with Gasteiger partial charge in [-0.1, -0.05) is 42.1 Å². The number of rotatable bonds is 2. The number of aromatic nitrogens is 3. The van der Waals surface area contributed by atoms with E-state index in [1.165, 1.54) is 30.6 Å². The van der Waals surface area contributed by atoms with Crippen LogP contribution in [0.15, 0.2) is 89.7 Å². The van der Waals surface area contributed by atoms with Crippen LogP contribution in [0.2, 0.25) is 0 Å². The van der Waals surface area contributed by atoms with Crippen LogP contribution in [0, 0.1) is 32.7 Å². The van der Waals surface area contributed by atoms with Gasteiger partial charge in [0, 0.05) is 56.4 Å². The first kappa shape index (κ1) is 15.4. The fraction of sp³-hybridized carbons (Fsp3) is 0.100. The molecule has 0 unspecified atom stereocenters. The molecule has 175 valence electrons. The molecule has 35 heavy (non-hydrogen) atoms. The summed E-state index contributed by atoms with van der Waals surface area (Å²) >= 11 is 0. The number of aryl methyl sites for hydroxylation is 3. The number of hydrogen-bond donors (Lipinski definition) is 0. The van der Waals surface area contributed by atoms with Crippen LogP contribution in [-0.2, 0) is 20.1 Å². The summed E-state index contributed by atoms with van der Waals surface area (Å²) in [6.07, 6.45) is 4.35. The van der Waals surface area contributed by atoms with Gasteiger partial charge >= 0.3 is 0 Å². The van der Waals surface area contributed by atoms with E-state index in [2.05, 4.69) is 27.1 Å². The zero-order valence-corrected chi connectivity index (χ0v) is 20.6. The van der Waals surface area contributed by atoms with Crippen LogP contribution >= 0.6 is 0 Å². The molecule has 0 spiro atoms. The largest absolute Gasteiger partial charge is 0.486 e. The Kier molecular flexibility index (Phi) is 4.71. The van der Waals surface area contributed by atoms with E-state index in [-0.39, 0.29) is 36.8 Å². The molecular weight excluding hydrogens is 611 g/mol. The standard InChI is InChI=1S/C17H11N2O.C13H12N.Ir/c1-11-7-8-15(19-10-11)14-5-2-4-12-13-6-3-9-18-17(13)20-16(12)14;1-10-3-6-12(7-4-10)13-8-5-11(2)9-14-13;/h2-4,6-10H,1H3;3-6,8-9H,1-2H3;/q2*-1;/i1D3;1D3,2D3;. The van der Waals surface area contributed by atoms with E-state index in [9.17, 15) is 0 Å². The third-order valence-electron chi connectivity index (χ3n) is 5.08.